The molecule has 2 aromatic rings. The fraction of sp³-hybridized carbons (Fsp3) is 0.400. The van der Waals surface area contributed by atoms with Crippen LogP contribution in [0.15, 0.2) is 53.4 Å². The molecule has 0 saturated carbocycles. The average Bonchev–Trinajstić information content (AvgIpc) is 2.67. The number of sulfonamides is 1. The quantitative estimate of drug-likeness (QED) is 0.749. The molecule has 0 aromatic heterocycles. The Bertz CT molecular complexity index is 799. The maximum Gasteiger partial charge on any atom is 0.240 e. The lowest BCUT2D eigenvalue weighted by atomic mass is 10.1. The van der Waals surface area contributed by atoms with Gasteiger partial charge in [0.2, 0.25) is 10.0 Å². The summed E-state index contributed by atoms with van der Waals surface area (Å²) in [7, 11) is -3.58. The second kappa shape index (κ2) is 8.64. The molecular weight excluding hydrogens is 351 g/mol. The van der Waals surface area contributed by atoms with E-state index in [1.54, 1.807) is 0 Å². The van der Waals surface area contributed by atoms with Crippen LogP contribution in [0.1, 0.15) is 31.2 Å². The summed E-state index contributed by atoms with van der Waals surface area (Å²) in [6.07, 6.45) is 5.37. The molecule has 4 nitrogen and oxygen atoms in total. The third kappa shape index (κ3) is 5.05. The summed E-state index contributed by atoms with van der Waals surface area (Å²) in [4.78, 5) is 2.51. The molecule has 0 unspecified atom stereocenters. The lowest BCUT2D eigenvalue weighted by molar-refractivity contribution is 0.577. The molecule has 1 fully saturated rings. The van der Waals surface area contributed by atoms with E-state index in [4.69, 9.17) is 0 Å². The minimum absolute atomic E-state index is 0.0878. The monoisotopic (exact) mass is 376 g/mol. The van der Waals surface area contributed by atoms with Crippen molar-refractivity contribution in [1.82, 2.24) is 4.72 Å². The third-order valence-corrected chi connectivity index (χ3v) is 6.19. The maximum absolute atomic E-state index is 12.9. The minimum Gasteiger partial charge on any atom is -0.372 e. The van der Waals surface area contributed by atoms with Crippen LogP contribution in [0.2, 0.25) is 0 Å². The predicted molar refractivity (Wildman–Crippen MR) is 102 cm³/mol. The summed E-state index contributed by atoms with van der Waals surface area (Å²) < 4.78 is 39.7. The summed E-state index contributed by atoms with van der Waals surface area (Å²) in [6.45, 7) is 2.61. The van der Waals surface area contributed by atoms with E-state index in [9.17, 15) is 12.8 Å². The van der Waals surface area contributed by atoms with E-state index in [2.05, 4.69) is 33.9 Å². The topological polar surface area (TPSA) is 49.4 Å². The van der Waals surface area contributed by atoms with Crippen molar-refractivity contribution in [3.05, 3.63) is 59.9 Å². The standard InChI is InChI=1S/C20H25FN2O2S/c21-18-8-12-20(13-9-18)26(24,25)22-14-4-5-17-6-10-19(11-7-17)23-15-2-1-3-16-23/h6-13,22H,1-5,14-16H2. The van der Waals surface area contributed by atoms with Gasteiger partial charge in [0.05, 0.1) is 4.90 Å². The molecule has 0 spiro atoms. The van der Waals surface area contributed by atoms with Crippen LogP contribution in [0.25, 0.3) is 0 Å². The second-order valence-corrected chi connectivity index (χ2v) is 8.44. The molecule has 1 aliphatic heterocycles. The smallest absolute Gasteiger partial charge is 0.240 e. The molecule has 2 aromatic carbocycles. The van der Waals surface area contributed by atoms with Gasteiger partial charge in [-0.05, 0) is 74.1 Å². The Hall–Kier alpha value is -1.92. The fourth-order valence-electron chi connectivity index (χ4n) is 3.22. The van der Waals surface area contributed by atoms with Crippen molar-refractivity contribution in [2.24, 2.45) is 0 Å². The molecule has 26 heavy (non-hydrogen) atoms. The Morgan fingerprint density at radius 2 is 1.58 bits per heavy atom. The van der Waals surface area contributed by atoms with Crippen LogP contribution >= 0.6 is 0 Å². The van der Waals surface area contributed by atoms with Gasteiger partial charge in [-0.1, -0.05) is 12.1 Å². The Balaban J connectivity index is 1.46. The Morgan fingerprint density at radius 3 is 2.23 bits per heavy atom. The van der Waals surface area contributed by atoms with Crippen LogP contribution in [-0.4, -0.2) is 28.1 Å². The molecule has 0 bridgehead atoms. The molecule has 0 radical (unpaired) electrons. The third-order valence-electron chi connectivity index (χ3n) is 4.72. The summed E-state index contributed by atoms with van der Waals surface area (Å²) >= 11 is 0. The van der Waals surface area contributed by atoms with Gasteiger partial charge in [-0.3, -0.25) is 0 Å². The highest BCUT2D eigenvalue weighted by Gasteiger charge is 2.13. The number of anilines is 1. The predicted octanol–water partition coefficient (Wildman–Crippen LogP) is 3.73. The van der Waals surface area contributed by atoms with Gasteiger partial charge in [-0.2, -0.15) is 0 Å². The number of halogens is 1. The first-order valence-electron chi connectivity index (χ1n) is 9.14. The SMILES string of the molecule is O=S(=O)(NCCCc1ccc(N2CCCCC2)cc1)c1ccc(F)cc1. The van der Waals surface area contributed by atoms with E-state index in [0.717, 1.165) is 31.6 Å². The number of hydrogen-bond acceptors (Lipinski definition) is 3. The molecule has 0 amide bonds. The van der Waals surface area contributed by atoms with Gasteiger partial charge in [0.15, 0.2) is 0 Å². The first-order valence-corrected chi connectivity index (χ1v) is 10.6. The number of benzene rings is 2. The van der Waals surface area contributed by atoms with E-state index in [-0.39, 0.29) is 4.90 Å². The van der Waals surface area contributed by atoms with Gasteiger partial charge in [0.1, 0.15) is 5.82 Å². The average molecular weight is 376 g/mol. The van der Waals surface area contributed by atoms with Crippen molar-refractivity contribution in [3.8, 4) is 0 Å². The summed E-state index contributed by atoms with van der Waals surface area (Å²) in [5.41, 5.74) is 2.47. The molecule has 1 saturated heterocycles. The Morgan fingerprint density at radius 1 is 0.923 bits per heavy atom. The van der Waals surface area contributed by atoms with Crippen molar-refractivity contribution in [3.63, 3.8) is 0 Å². The first-order chi connectivity index (χ1) is 12.5. The van der Waals surface area contributed by atoms with E-state index in [0.29, 0.717) is 13.0 Å². The van der Waals surface area contributed by atoms with Crippen LogP contribution in [0.4, 0.5) is 10.1 Å². The van der Waals surface area contributed by atoms with Gasteiger partial charge < -0.3 is 4.90 Å². The number of piperidine rings is 1. The first kappa shape index (κ1) is 18.9. The molecular formula is C20H25FN2O2S. The van der Waals surface area contributed by atoms with Crippen molar-refractivity contribution in [2.45, 2.75) is 37.0 Å². The van der Waals surface area contributed by atoms with Crippen LogP contribution < -0.4 is 9.62 Å². The highest BCUT2D eigenvalue weighted by molar-refractivity contribution is 7.89. The lowest BCUT2D eigenvalue weighted by Crippen LogP contribution is -2.29. The van der Waals surface area contributed by atoms with Crippen LogP contribution in [-0.2, 0) is 16.4 Å². The zero-order chi connectivity index (χ0) is 18.4. The lowest BCUT2D eigenvalue weighted by Gasteiger charge is -2.28. The van der Waals surface area contributed by atoms with Crippen LogP contribution in [0.5, 0.6) is 0 Å². The van der Waals surface area contributed by atoms with Gasteiger partial charge >= 0.3 is 0 Å². The largest absolute Gasteiger partial charge is 0.372 e. The van der Waals surface area contributed by atoms with E-state index < -0.39 is 15.8 Å². The maximum atomic E-state index is 12.9. The Labute approximate surface area is 155 Å². The normalized spacial score (nSPS) is 15.2. The van der Waals surface area contributed by atoms with Crippen molar-refractivity contribution < 1.29 is 12.8 Å². The zero-order valence-electron chi connectivity index (χ0n) is 14.8. The molecule has 1 N–H and O–H groups in total. The molecule has 1 heterocycles. The molecule has 3 rings (SSSR count). The number of nitrogens with zero attached hydrogens (tertiary/aromatic N) is 1. The number of rotatable bonds is 7. The van der Waals surface area contributed by atoms with E-state index in [1.165, 1.54) is 42.6 Å². The number of aryl methyl sites for hydroxylation is 1. The van der Waals surface area contributed by atoms with Gasteiger partial charge in [-0.15, -0.1) is 0 Å². The van der Waals surface area contributed by atoms with Gasteiger partial charge in [-0.25, -0.2) is 17.5 Å². The molecule has 140 valence electrons. The van der Waals surface area contributed by atoms with Gasteiger partial charge in [0.25, 0.3) is 0 Å². The zero-order valence-corrected chi connectivity index (χ0v) is 15.6. The van der Waals surface area contributed by atoms with Crippen LogP contribution in [0.3, 0.4) is 0 Å². The molecule has 0 aliphatic carbocycles. The van der Waals surface area contributed by atoms with Crippen LogP contribution in [0, 0.1) is 5.82 Å². The Kier molecular flexibility index (Phi) is 6.27. The highest BCUT2D eigenvalue weighted by atomic mass is 32.2. The fourth-order valence-corrected chi connectivity index (χ4v) is 4.30. The van der Waals surface area contributed by atoms with Crippen molar-refractivity contribution in [2.75, 3.05) is 24.5 Å². The van der Waals surface area contributed by atoms with E-state index in [1.807, 2.05) is 0 Å². The van der Waals surface area contributed by atoms with E-state index >= 15 is 0 Å². The molecule has 0 atom stereocenters. The number of nitrogens with one attached hydrogen (secondary N) is 1. The molecule has 1 aliphatic rings. The number of hydrogen-bond donors (Lipinski definition) is 1. The minimum atomic E-state index is -3.58. The van der Waals surface area contributed by atoms with Crippen molar-refractivity contribution >= 4 is 15.7 Å². The van der Waals surface area contributed by atoms with Gasteiger partial charge in [0, 0.05) is 25.3 Å². The van der Waals surface area contributed by atoms with Crippen molar-refractivity contribution in [1.29, 1.82) is 0 Å². The highest BCUT2D eigenvalue weighted by Crippen LogP contribution is 2.20. The molecule has 6 heteroatoms. The summed E-state index contributed by atoms with van der Waals surface area (Å²) in [6, 6.07) is 13.4. The summed E-state index contributed by atoms with van der Waals surface area (Å²) in [5.74, 6) is -0.447. The summed E-state index contributed by atoms with van der Waals surface area (Å²) in [5, 5.41) is 0. The second-order valence-electron chi connectivity index (χ2n) is 6.67.